The van der Waals surface area contributed by atoms with Crippen LogP contribution in [0.15, 0.2) is 35.0 Å². The van der Waals surface area contributed by atoms with Crippen LogP contribution in [0.2, 0.25) is 0 Å². The molecule has 3 heterocycles. The third-order valence-electron chi connectivity index (χ3n) is 4.19. The smallest absolute Gasteiger partial charge is 0.276 e. The van der Waals surface area contributed by atoms with E-state index in [1.165, 1.54) is 6.07 Å². The van der Waals surface area contributed by atoms with E-state index in [-0.39, 0.29) is 17.7 Å². The molecule has 0 bridgehead atoms. The van der Waals surface area contributed by atoms with E-state index >= 15 is 0 Å². The second kappa shape index (κ2) is 7.17. The van der Waals surface area contributed by atoms with Crippen LogP contribution in [0.25, 0.3) is 23.0 Å². The zero-order valence-corrected chi connectivity index (χ0v) is 14.3. The highest BCUT2D eigenvalue weighted by molar-refractivity contribution is 5.59. The number of aryl methyl sites for hydroxylation is 1. The number of benzene rings is 1. The Hall–Kier alpha value is -2.87. The Morgan fingerprint density at radius 1 is 1.19 bits per heavy atom. The van der Waals surface area contributed by atoms with Gasteiger partial charge in [0.1, 0.15) is 17.6 Å². The van der Waals surface area contributed by atoms with E-state index < -0.39 is 5.82 Å². The van der Waals surface area contributed by atoms with Crippen LogP contribution in [0.3, 0.4) is 0 Å². The van der Waals surface area contributed by atoms with Gasteiger partial charge < -0.3 is 14.6 Å². The second-order valence-corrected chi connectivity index (χ2v) is 6.12. The summed E-state index contributed by atoms with van der Waals surface area (Å²) in [5.41, 5.74) is 1.04. The molecule has 1 saturated heterocycles. The molecule has 1 aromatic carbocycles. The summed E-state index contributed by atoms with van der Waals surface area (Å²) < 4.78 is 25.4. The lowest BCUT2D eigenvalue weighted by molar-refractivity contribution is 0.156. The summed E-state index contributed by atoms with van der Waals surface area (Å²) >= 11 is 0. The average Bonchev–Trinajstić information content (AvgIpc) is 3.14. The van der Waals surface area contributed by atoms with Gasteiger partial charge in [-0.3, -0.25) is 0 Å². The highest BCUT2D eigenvalue weighted by atomic mass is 19.1. The Bertz CT molecular complexity index is 908. The van der Waals surface area contributed by atoms with Crippen LogP contribution in [0.5, 0.6) is 5.75 Å². The Kier molecular flexibility index (Phi) is 4.57. The molecule has 1 fully saturated rings. The fraction of sp³-hybridized carbons (Fsp3) is 0.333. The standard InChI is InChI=1S/C18H18FN5O2/c1-11-21-9-6-15(22-11)18-23-17(24-26-18)12-2-3-16(14(19)10-12)25-13-4-7-20-8-5-13/h2-3,6,9-10,13,20H,4-5,7-8H2,1H3. The number of rotatable bonds is 4. The number of aromatic nitrogens is 4. The number of piperidine rings is 1. The molecule has 1 aliphatic rings. The van der Waals surface area contributed by atoms with Gasteiger partial charge in [-0.05, 0) is 57.1 Å². The maximum atomic E-state index is 14.4. The van der Waals surface area contributed by atoms with Crippen molar-refractivity contribution in [2.45, 2.75) is 25.9 Å². The summed E-state index contributed by atoms with van der Waals surface area (Å²) in [5.74, 6) is 0.971. The molecule has 0 spiro atoms. The highest BCUT2D eigenvalue weighted by Crippen LogP contribution is 2.27. The highest BCUT2D eigenvalue weighted by Gasteiger charge is 2.18. The topological polar surface area (TPSA) is 86.0 Å². The van der Waals surface area contributed by atoms with Crippen molar-refractivity contribution in [2.24, 2.45) is 0 Å². The Labute approximate surface area is 149 Å². The molecule has 134 valence electrons. The summed E-state index contributed by atoms with van der Waals surface area (Å²) in [5, 5.41) is 7.17. The van der Waals surface area contributed by atoms with E-state index in [1.54, 1.807) is 31.3 Å². The number of nitrogens with one attached hydrogen (secondary N) is 1. The average molecular weight is 355 g/mol. The fourth-order valence-corrected chi connectivity index (χ4v) is 2.85. The minimum atomic E-state index is -0.440. The van der Waals surface area contributed by atoms with Crippen molar-refractivity contribution < 1.29 is 13.7 Å². The molecule has 4 rings (SSSR count). The minimum Gasteiger partial charge on any atom is -0.487 e. The molecule has 3 aromatic rings. The molecule has 0 saturated carbocycles. The molecule has 2 aromatic heterocycles. The second-order valence-electron chi connectivity index (χ2n) is 6.12. The molecule has 0 radical (unpaired) electrons. The van der Waals surface area contributed by atoms with Crippen LogP contribution in [0.1, 0.15) is 18.7 Å². The lowest BCUT2D eigenvalue weighted by Gasteiger charge is -2.24. The van der Waals surface area contributed by atoms with Crippen molar-refractivity contribution in [1.29, 1.82) is 0 Å². The van der Waals surface area contributed by atoms with Gasteiger partial charge in [-0.15, -0.1) is 0 Å². The molecule has 26 heavy (non-hydrogen) atoms. The van der Waals surface area contributed by atoms with Gasteiger partial charge in [-0.25, -0.2) is 14.4 Å². The summed E-state index contributed by atoms with van der Waals surface area (Å²) in [6, 6.07) is 6.37. The van der Waals surface area contributed by atoms with Crippen molar-refractivity contribution in [3.63, 3.8) is 0 Å². The van der Waals surface area contributed by atoms with Gasteiger partial charge in [0.25, 0.3) is 5.89 Å². The molecule has 0 aliphatic carbocycles. The third-order valence-corrected chi connectivity index (χ3v) is 4.19. The van der Waals surface area contributed by atoms with Gasteiger partial charge in [-0.1, -0.05) is 5.16 Å². The first-order chi connectivity index (χ1) is 12.7. The number of hydrogen-bond acceptors (Lipinski definition) is 7. The van der Waals surface area contributed by atoms with Crippen LogP contribution in [0.4, 0.5) is 4.39 Å². The van der Waals surface area contributed by atoms with E-state index in [4.69, 9.17) is 9.26 Å². The van der Waals surface area contributed by atoms with E-state index in [2.05, 4.69) is 25.4 Å². The normalized spacial score (nSPS) is 15.2. The van der Waals surface area contributed by atoms with E-state index in [0.717, 1.165) is 25.9 Å². The molecule has 1 aliphatic heterocycles. The summed E-state index contributed by atoms with van der Waals surface area (Å²) in [6.45, 7) is 3.55. The van der Waals surface area contributed by atoms with Gasteiger partial charge >= 0.3 is 0 Å². The van der Waals surface area contributed by atoms with Crippen molar-refractivity contribution in [2.75, 3.05) is 13.1 Å². The molecule has 0 amide bonds. The van der Waals surface area contributed by atoms with Crippen molar-refractivity contribution in [3.05, 3.63) is 42.1 Å². The van der Waals surface area contributed by atoms with E-state index in [0.29, 0.717) is 22.9 Å². The van der Waals surface area contributed by atoms with Gasteiger partial charge in [-0.2, -0.15) is 4.98 Å². The molecule has 0 atom stereocenters. The van der Waals surface area contributed by atoms with Crippen LogP contribution in [-0.2, 0) is 0 Å². The maximum Gasteiger partial charge on any atom is 0.276 e. The summed E-state index contributed by atoms with van der Waals surface area (Å²) in [7, 11) is 0. The minimum absolute atomic E-state index is 0.0365. The maximum absolute atomic E-state index is 14.4. The van der Waals surface area contributed by atoms with E-state index in [1.807, 2.05) is 0 Å². The first-order valence-corrected chi connectivity index (χ1v) is 8.50. The molecule has 8 heteroatoms. The Balaban J connectivity index is 1.54. The first kappa shape index (κ1) is 16.6. The zero-order valence-electron chi connectivity index (χ0n) is 14.3. The predicted molar refractivity (Wildman–Crippen MR) is 92.0 cm³/mol. The number of nitrogens with zero attached hydrogens (tertiary/aromatic N) is 4. The largest absolute Gasteiger partial charge is 0.487 e. The van der Waals surface area contributed by atoms with Gasteiger partial charge in [0.2, 0.25) is 5.82 Å². The molecular formula is C18H18FN5O2. The SMILES string of the molecule is Cc1nccc(-c2nc(-c3ccc(OC4CCNCC4)c(F)c3)no2)n1. The van der Waals surface area contributed by atoms with E-state index in [9.17, 15) is 4.39 Å². The number of ether oxygens (including phenoxy) is 1. The molecule has 0 unspecified atom stereocenters. The summed E-state index contributed by atoms with van der Waals surface area (Å²) in [4.78, 5) is 12.6. The summed E-state index contributed by atoms with van der Waals surface area (Å²) in [6.07, 6.45) is 3.39. The van der Waals surface area contributed by atoms with Crippen molar-refractivity contribution >= 4 is 0 Å². The zero-order chi connectivity index (χ0) is 17.9. The monoisotopic (exact) mass is 355 g/mol. The molecular weight excluding hydrogens is 337 g/mol. The van der Waals surface area contributed by atoms with Crippen LogP contribution in [-0.4, -0.2) is 39.3 Å². The third kappa shape index (κ3) is 3.55. The Morgan fingerprint density at radius 2 is 2.04 bits per heavy atom. The lowest BCUT2D eigenvalue weighted by Crippen LogP contribution is -2.34. The van der Waals surface area contributed by atoms with Crippen molar-refractivity contribution in [3.8, 4) is 28.7 Å². The predicted octanol–water partition coefficient (Wildman–Crippen LogP) is 2.77. The van der Waals surface area contributed by atoms with Crippen LogP contribution >= 0.6 is 0 Å². The molecule has 1 N–H and O–H groups in total. The van der Waals surface area contributed by atoms with Gasteiger partial charge in [0, 0.05) is 11.8 Å². The fourth-order valence-electron chi connectivity index (χ4n) is 2.85. The lowest BCUT2D eigenvalue weighted by atomic mass is 10.1. The van der Waals surface area contributed by atoms with Crippen molar-refractivity contribution in [1.82, 2.24) is 25.4 Å². The quantitative estimate of drug-likeness (QED) is 0.770. The molecule has 7 nitrogen and oxygen atoms in total. The van der Waals surface area contributed by atoms with Crippen LogP contribution in [0, 0.1) is 12.7 Å². The van der Waals surface area contributed by atoms with Gasteiger partial charge in [0.15, 0.2) is 11.6 Å². The van der Waals surface area contributed by atoms with Crippen LogP contribution < -0.4 is 10.1 Å². The number of halogens is 1. The number of hydrogen-bond donors (Lipinski definition) is 1. The first-order valence-electron chi connectivity index (χ1n) is 8.50. The van der Waals surface area contributed by atoms with Gasteiger partial charge in [0.05, 0.1) is 0 Å². The Morgan fingerprint density at radius 3 is 2.81 bits per heavy atom.